The largest absolute Gasteiger partial charge is 0.573 e. The maximum absolute atomic E-state index is 12.6. The number of pyridine rings is 1. The molecule has 3 rings (SSSR count). The van der Waals surface area contributed by atoms with Crippen molar-refractivity contribution in [1.29, 1.82) is 0 Å². The van der Waals surface area contributed by atoms with E-state index in [2.05, 4.69) is 15.0 Å². The average molecular weight is 443 g/mol. The van der Waals surface area contributed by atoms with Crippen LogP contribution in [0.4, 0.5) is 13.2 Å². The van der Waals surface area contributed by atoms with E-state index in [-0.39, 0.29) is 42.1 Å². The van der Waals surface area contributed by atoms with Crippen molar-refractivity contribution in [3.8, 4) is 5.75 Å². The quantitative estimate of drug-likeness (QED) is 0.742. The summed E-state index contributed by atoms with van der Waals surface area (Å²) in [4.78, 5) is 16.3. The number of amides is 1. The molecule has 162 valence electrons. The van der Waals surface area contributed by atoms with Gasteiger partial charge in [0.1, 0.15) is 10.6 Å². The van der Waals surface area contributed by atoms with Crippen LogP contribution in [-0.4, -0.2) is 43.1 Å². The standard InChI is InChI=1S/C19H20F3N3O4S/c20-19(21,22)29-16-5-3-14(4-6-16)12-24-18(26)15-7-10-25(11-8-15)30(27,28)17-2-1-9-23-13-17/h1-6,9,13,15H,7-8,10-12H2,(H,24,26). The summed E-state index contributed by atoms with van der Waals surface area (Å²) in [7, 11) is -3.64. The van der Waals surface area contributed by atoms with Crippen molar-refractivity contribution in [1.82, 2.24) is 14.6 Å². The van der Waals surface area contributed by atoms with Gasteiger partial charge in [0.05, 0.1) is 0 Å². The van der Waals surface area contributed by atoms with Crippen molar-refractivity contribution >= 4 is 15.9 Å². The number of hydrogen-bond acceptors (Lipinski definition) is 5. The van der Waals surface area contributed by atoms with Crippen LogP contribution >= 0.6 is 0 Å². The minimum Gasteiger partial charge on any atom is -0.406 e. The summed E-state index contributed by atoms with van der Waals surface area (Å²) in [5.41, 5.74) is 0.620. The number of nitrogens with one attached hydrogen (secondary N) is 1. The van der Waals surface area contributed by atoms with Crippen molar-refractivity contribution < 1.29 is 31.1 Å². The first-order valence-electron chi connectivity index (χ1n) is 9.18. The number of carbonyl (C=O) groups is 1. The summed E-state index contributed by atoms with van der Waals surface area (Å²) in [5, 5.41) is 2.74. The van der Waals surface area contributed by atoms with Crippen LogP contribution in [0, 0.1) is 5.92 Å². The lowest BCUT2D eigenvalue weighted by Gasteiger charge is -2.30. The highest BCUT2D eigenvalue weighted by Crippen LogP contribution is 2.24. The van der Waals surface area contributed by atoms with E-state index in [1.165, 1.54) is 47.0 Å². The molecule has 0 unspecified atom stereocenters. The molecule has 30 heavy (non-hydrogen) atoms. The fourth-order valence-electron chi connectivity index (χ4n) is 3.15. The molecule has 0 saturated carbocycles. The first-order chi connectivity index (χ1) is 14.1. The van der Waals surface area contributed by atoms with Crippen molar-refractivity contribution in [2.24, 2.45) is 5.92 Å². The lowest BCUT2D eigenvalue weighted by atomic mass is 9.97. The van der Waals surface area contributed by atoms with Gasteiger partial charge in [-0.1, -0.05) is 12.1 Å². The van der Waals surface area contributed by atoms with Gasteiger partial charge < -0.3 is 10.1 Å². The molecule has 1 aliphatic heterocycles. The number of hydrogen-bond donors (Lipinski definition) is 1. The van der Waals surface area contributed by atoms with Crippen LogP contribution in [0.5, 0.6) is 5.75 Å². The first kappa shape index (κ1) is 22.0. The Morgan fingerprint density at radius 3 is 2.40 bits per heavy atom. The van der Waals surface area contributed by atoms with E-state index in [4.69, 9.17) is 0 Å². The molecule has 11 heteroatoms. The summed E-state index contributed by atoms with van der Waals surface area (Å²) in [6, 6.07) is 8.25. The SMILES string of the molecule is O=C(NCc1ccc(OC(F)(F)F)cc1)C1CCN(S(=O)(=O)c2cccnc2)CC1. The van der Waals surface area contributed by atoms with E-state index < -0.39 is 16.4 Å². The van der Waals surface area contributed by atoms with E-state index in [1.54, 1.807) is 6.07 Å². The molecular formula is C19H20F3N3O4S. The van der Waals surface area contributed by atoms with Gasteiger partial charge in [0, 0.05) is 37.9 Å². The van der Waals surface area contributed by atoms with E-state index in [0.717, 1.165) is 0 Å². The molecule has 1 N–H and O–H groups in total. The molecule has 1 aliphatic rings. The minimum absolute atomic E-state index is 0.117. The van der Waals surface area contributed by atoms with Crippen LogP contribution in [0.2, 0.25) is 0 Å². The van der Waals surface area contributed by atoms with Crippen molar-refractivity contribution in [3.63, 3.8) is 0 Å². The molecular weight excluding hydrogens is 423 g/mol. The Morgan fingerprint density at radius 1 is 1.17 bits per heavy atom. The highest BCUT2D eigenvalue weighted by molar-refractivity contribution is 7.89. The van der Waals surface area contributed by atoms with Crippen LogP contribution in [0.25, 0.3) is 0 Å². The normalized spacial score (nSPS) is 16.2. The zero-order valence-electron chi connectivity index (χ0n) is 15.8. The molecule has 1 fully saturated rings. The van der Waals surface area contributed by atoms with Crippen LogP contribution < -0.4 is 10.1 Å². The summed E-state index contributed by atoms with van der Waals surface area (Å²) in [6.45, 7) is 0.594. The number of halogens is 3. The highest BCUT2D eigenvalue weighted by atomic mass is 32.2. The first-order valence-corrected chi connectivity index (χ1v) is 10.6. The molecule has 1 amide bonds. The summed E-state index contributed by atoms with van der Waals surface area (Å²) in [6.07, 6.45) is -1.21. The van der Waals surface area contributed by atoms with Crippen LogP contribution in [0.1, 0.15) is 18.4 Å². The number of piperidine rings is 1. The fraction of sp³-hybridized carbons (Fsp3) is 0.368. The second-order valence-electron chi connectivity index (χ2n) is 6.78. The number of nitrogens with zero attached hydrogens (tertiary/aromatic N) is 2. The van der Waals surface area contributed by atoms with Gasteiger partial charge >= 0.3 is 6.36 Å². The zero-order chi connectivity index (χ0) is 21.8. The Hall–Kier alpha value is -2.66. The van der Waals surface area contributed by atoms with Gasteiger partial charge in [0.2, 0.25) is 15.9 Å². The maximum Gasteiger partial charge on any atom is 0.573 e. The zero-order valence-corrected chi connectivity index (χ0v) is 16.6. The third kappa shape index (κ3) is 5.70. The number of aromatic nitrogens is 1. The van der Waals surface area contributed by atoms with Crippen LogP contribution in [0.3, 0.4) is 0 Å². The molecule has 2 heterocycles. The van der Waals surface area contributed by atoms with Gasteiger partial charge in [-0.2, -0.15) is 4.31 Å². The Bertz CT molecular complexity index is 959. The lowest BCUT2D eigenvalue weighted by molar-refractivity contribution is -0.274. The molecule has 1 aromatic heterocycles. The van der Waals surface area contributed by atoms with Crippen LogP contribution in [0.15, 0.2) is 53.7 Å². The fourth-order valence-corrected chi connectivity index (χ4v) is 4.58. The van der Waals surface area contributed by atoms with E-state index >= 15 is 0 Å². The van der Waals surface area contributed by atoms with Crippen molar-refractivity contribution in [2.75, 3.05) is 13.1 Å². The summed E-state index contributed by atoms with van der Waals surface area (Å²) in [5.74, 6) is -0.887. The summed E-state index contributed by atoms with van der Waals surface area (Å²) >= 11 is 0. The summed E-state index contributed by atoms with van der Waals surface area (Å²) < 4.78 is 66.9. The minimum atomic E-state index is -4.75. The molecule has 2 aromatic rings. The van der Waals surface area contributed by atoms with E-state index in [9.17, 15) is 26.4 Å². The van der Waals surface area contributed by atoms with E-state index in [1.807, 2.05) is 0 Å². The number of ether oxygens (including phenoxy) is 1. The predicted octanol–water partition coefficient (Wildman–Crippen LogP) is 2.70. The Balaban J connectivity index is 1.49. The molecule has 1 saturated heterocycles. The molecule has 0 spiro atoms. The monoisotopic (exact) mass is 443 g/mol. The van der Waals surface area contributed by atoms with Crippen molar-refractivity contribution in [2.45, 2.75) is 30.6 Å². The topological polar surface area (TPSA) is 88.6 Å². The van der Waals surface area contributed by atoms with Gasteiger partial charge in [-0.15, -0.1) is 13.2 Å². The number of sulfonamides is 1. The molecule has 0 atom stereocenters. The lowest BCUT2D eigenvalue weighted by Crippen LogP contribution is -2.42. The Kier molecular flexibility index (Phi) is 6.61. The molecule has 7 nitrogen and oxygen atoms in total. The molecule has 0 bridgehead atoms. The Labute approximate surface area is 171 Å². The van der Waals surface area contributed by atoms with Gasteiger partial charge in [-0.25, -0.2) is 8.42 Å². The second-order valence-corrected chi connectivity index (χ2v) is 8.71. The molecule has 0 radical (unpaired) electrons. The Morgan fingerprint density at radius 2 is 1.83 bits per heavy atom. The number of rotatable bonds is 6. The van der Waals surface area contributed by atoms with Crippen LogP contribution in [-0.2, 0) is 21.4 Å². The molecule has 0 aliphatic carbocycles. The number of carbonyl (C=O) groups excluding carboxylic acids is 1. The van der Waals surface area contributed by atoms with E-state index in [0.29, 0.717) is 18.4 Å². The van der Waals surface area contributed by atoms with Crippen molar-refractivity contribution in [3.05, 3.63) is 54.4 Å². The van der Waals surface area contributed by atoms with Gasteiger partial charge in [0.15, 0.2) is 0 Å². The highest BCUT2D eigenvalue weighted by Gasteiger charge is 2.32. The smallest absolute Gasteiger partial charge is 0.406 e. The maximum atomic E-state index is 12.6. The predicted molar refractivity (Wildman–Crippen MR) is 101 cm³/mol. The molecule has 1 aromatic carbocycles. The van der Waals surface area contributed by atoms with Gasteiger partial charge in [0.25, 0.3) is 0 Å². The number of alkyl halides is 3. The van der Waals surface area contributed by atoms with Gasteiger partial charge in [-0.3, -0.25) is 9.78 Å². The average Bonchev–Trinajstić information content (AvgIpc) is 2.72. The van der Waals surface area contributed by atoms with Gasteiger partial charge in [-0.05, 0) is 42.7 Å². The third-order valence-electron chi connectivity index (χ3n) is 4.72. The second kappa shape index (κ2) is 9.00. The third-order valence-corrected chi connectivity index (χ3v) is 6.60. The number of benzene rings is 1.